The van der Waals surface area contributed by atoms with Crippen LogP contribution in [-0.4, -0.2) is 16.7 Å². The molecule has 1 aliphatic heterocycles. The second-order valence-corrected chi connectivity index (χ2v) is 8.10. The maximum Gasteiger partial charge on any atom is 0.261 e. The normalized spacial score (nSPS) is 13.2. The van der Waals surface area contributed by atoms with Crippen LogP contribution in [-0.2, 0) is 13.2 Å². The summed E-state index contributed by atoms with van der Waals surface area (Å²) in [4.78, 5) is 27.5. The monoisotopic (exact) mass is 399 g/mol. The van der Waals surface area contributed by atoms with Crippen LogP contribution in [0.3, 0.4) is 0 Å². The number of imide groups is 1. The van der Waals surface area contributed by atoms with Gasteiger partial charge in [0.15, 0.2) is 0 Å². The zero-order chi connectivity index (χ0) is 19.8. The summed E-state index contributed by atoms with van der Waals surface area (Å²) in [6.45, 7) is 0.797. The van der Waals surface area contributed by atoms with Crippen LogP contribution in [0.15, 0.2) is 78.9 Å². The van der Waals surface area contributed by atoms with E-state index in [1.807, 2.05) is 54.6 Å². The predicted molar refractivity (Wildman–Crippen MR) is 113 cm³/mol. The summed E-state index contributed by atoms with van der Waals surface area (Å²) in [5.74, 6) is 0.348. The fourth-order valence-corrected chi connectivity index (χ4v) is 4.60. The molecule has 2 heterocycles. The Balaban J connectivity index is 1.34. The van der Waals surface area contributed by atoms with Gasteiger partial charge in [0.1, 0.15) is 12.4 Å². The standard InChI is InChI=1S/C24H17NO3S/c26-23-20-8-4-5-9-21(20)24(27)25(23)14-19-12-17-10-11-18(13-22(17)29-19)28-15-16-6-2-1-3-7-16/h1-13H,14-15H2. The van der Waals surface area contributed by atoms with Crippen LogP contribution in [0.1, 0.15) is 31.2 Å². The Labute approximate surface area is 172 Å². The lowest BCUT2D eigenvalue weighted by atomic mass is 10.1. The summed E-state index contributed by atoms with van der Waals surface area (Å²) in [6, 6.07) is 25.0. The van der Waals surface area contributed by atoms with Crippen LogP contribution in [0.25, 0.3) is 10.1 Å². The third kappa shape index (κ3) is 3.30. The first-order chi connectivity index (χ1) is 14.2. The van der Waals surface area contributed by atoms with E-state index in [0.717, 1.165) is 26.3 Å². The van der Waals surface area contributed by atoms with Crippen molar-refractivity contribution in [1.29, 1.82) is 0 Å². The molecule has 0 bridgehead atoms. The van der Waals surface area contributed by atoms with Gasteiger partial charge in [0, 0.05) is 9.58 Å². The van der Waals surface area contributed by atoms with Crippen molar-refractivity contribution in [2.45, 2.75) is 13.2 Å². The van der Waals surface area contributed by atoms with Gasteiger partial charge in [-0.1, -0.05) is 42.5 Å². The molecule has 29 heavy (non-hydrogen) atoms. The first-order valence-corrected chi connectivity index (χ1v) is 10.1. The molecule has 1 aliphatic rings. The molecule has 1 aromatic heterocycles. The number of benzene rings is 3. The summed E-state index contributed by atoms with van der Waals surface area (Å²) < 4.78 is 6.98. The van der Waals surface area contributed by atoms with Crippen molar-refractivity contribution in [1.82, 2.24) is 4.90 Å². The average Bonchev–Trinajstić information content (AvgIpc) is 3.27. The molecular weight excluding hydrogens is 382 g/mol. The Hall–Kier alpha value is -3.44. The number of fused-ring (bicyclic) bond motifs is 2. The van der Waals surface area contributed by atoms with E-state index in [0.29, 0.717) is 17.7 Å². The fraction of sp³-hybridized carbons (Fsp3) is 0.0833. The molecule has 0 unspecified atom stereocenters. The second-order valence-electron chi connectivity index (χ2n) is 6.93. The Morgan fingerprint density at radius 1 is 0.793 bits per heavy atom. The predicted octanol–water partition coefficient (Wildman–Crippen LogP) is 5.28. The van der Waals surface area contributed by atoms with Crippen LogP contribution in [0, 0.1) is 0 Å². The SMILES string of the molecule is O=C1c2ccccc2C(=O)N1Cc1cc2ccc(OCc3ccccc3)cc2s1. The molecule has 142 valence electrons. The third-order valence-electron chi connectivity index (χ3n) is 4.98. The van der Waals surface area contributed by atoms with E-state index < -0.39 is 0 Å². The third-order valence-corrected chi connectivity index (χ3v) is 6.07. The van der Waals surface area contributed by atoms with E-state index >= 15 is 0 Å². The van der Waals surface area contributed by atoms with E-state index in [1.54, 1.807) is 35.6 Å². The minimum Gasteiger partial charge on any atom is -0.489 e. The van der Waals surface area contributed by atoms with Crippen molar-refractivity contribution in [3.8, 4) is 5.75 Å². The van der Waals surface area contributed by atoms with Gasteiger partial charge < -0.3 is 4.74 Å². The van der Waals surface area contributed by atoms with Crippen LogP contribution in [0.5, 0.6) is 5.75 Å². The van der Waals surface area contributed by atoms with Gasteiger partial charge in [0.25, 0.3) is 11.8 Å². The molecule has 0 aliphatic carbocycles. The molecule has 0 radical (unpaired) electrons. The highest BCUT2D eigenvalue weighted by Crippen LogP contribution is 2.32. The van der Waals surface area contributed by atoms with Gasteiger partial charge in [0.2, 0.25) is 0 Å². The van der Waals surface area contributed by atoms with E-state index in [2.05, 4.69) is 0 Å². The highest BCUT2D eigenvalue weighted by atomic mass is 32.1. The maximum atomic E-state index is 12.6. The number of hydrogen-bond donors (Lipinski definition) is 0. The van der Waals surface area contributed by atoms with Crippen LogP contribution in [0.4, 0.5) is 0 Å². The molecular formula is C24H17NO3S. The van der Waals surface area contributed by atoms with E-state index in [1.165, 1.54) is 4.90 Å². The van der Waals surface area contributed by atoms with E-state index in [4.69, 9.17) is 4.74 Å². The highest BCUT2D eigenvalue weighted by molar-refractivity contribution is 7.19. The van der Waals surface area contributed by atoms with Gasteiger partial charge in [0.05, 0.1) is 17.7 Å². The molecule has 0 fully saturated rings. The smallest absolute Gasteiger partial charge is 0.261 e. The topological polar surface area (TPSA) is 46.6 Å². The highest BCUT2D eigenvalue weighted by Gasteiger charge is 2.35. The molecule has 0 saturated carbocycles. The number of nitrogens with zero attached hydrogens (tertiary/aromatic N) is 1. The fourth-order valence-electron chi connectivity index (χ4n) is 3.51. The van der Waals surface area contributed by atoms with Gasteiger partial charge in [-0.15, -0.1) is 11.3 Å². The van der Waals surface area contributed by atoms with Gasteiger partial charge in [-0.25, -0.2) is 0 Å². The number of ether oxygens (including phenoxy) is 1. The maximum absolute atomic E-state index is 12.6. The number of carbonyl (C=O) groups excluding carboxylic acids is 2. The van der Waals surface area contributed by atoms with Gasteiger partial charge >= 0.3 is 0 Å². The van der Waals surface area contributed by atoms with E-state index in [9.17, 15) is 9.59 Å². The zero-order valence-corrected chi connectivity index (χ0v) is 16.3. The lowest BCUT2D eigenvalue weighted by Crippen LogP contribution is -2.28. The largest absolute Gasteiger partial charge is 0.489 e. The summed E-state index contributed by atoms with van der Waals surface area (Å²) in [5.41, 5.74) is 2.08. The quantitative estimate of drug-likeness (QED) is 0.429. The molecule has 5 heteroatoms. The van der Waals surface area contributed by atoms with Gasteiger partial charge in [-0.3, -0.25) is 14.5 Å². The minimum atomic E-state index is -0.227. The number of hydrogen-bond acceptors (Lipinski definition) is 4. The minimum absolute atomic E-state index is 0.227. The lowest BCUT2D eigenvalue weighted by Gasteiger charge is -2.11. The van der Waals surface area contributed by atoms with Crippen molar-refractivity contribution < 1.29 is 14.3 Å². The van der Waals surface area contributed by atoms with Crippen molar-refractivity contribution in [3.63, 3.8) is 0 Å². The molecule has 0 saturated heterocycles. The Morgan fingerprint density at radius 2 is 1.48 bits per heavy atom. The first kappa shape index (κ1) is 17.6. The summed E-state index contributed by atoms with van der Waals surface area (Å²) >= 11 is 1.58. The molecule has 0 N–H and O–H groups in total. The lowest BCUT2D eigenvalue weighted by molar-refractivity contribution is 0.0644. The summed E-state index contributed by atoms with van der Waals surface area (Å²) in [7, 11) is 0. The van der Waals surface area contributed by atoms with Crippen LogP contribution >= 0.6 is 11.3 Å². The van der Waals surface area contributed by atoms with Crippen molar-refractivity contribution in [2.75, 3.05) is 0 Å². The van der Waals surface area contributed by atoms with Crippen molar-refractivity contribution in [2.24, 2.45) is 0 Å². The van der Waals surface area contributed by atoms with Crippen LogP contribution in [0.2, 0.25) is 0 Å². The molecule has 0 atom stereocenters. The molecule has 4 aromatic rings. The molecule has 4 nitrogen and oxygen atoms in total. The number of amides is 2. The second kappa shape index (κ2) is 7.18. The van der Waals surface area contributed by atoms with Gasteiger partial charge in [-0.2, -0.15) is 0 Å². The number of carbonyl (C=O) groups is 2. The Bertz CT molecular complexity index is 1190. The van der Waals surface area contributed by atoms with Gasteiger partial charge in [-0.05, 0) is 47.3 Å². The summed E-state index contributed by atoms with van der Waals surface area (Å²) in [5, 5.41) is 1.08. The zero-order valence-electron chi connectivity index (χ0n) is 15.5. The number of thiophene rings is 1. The molecule has 3 aromatic carbocycles. The van der Waals surface area contributed by atoms with Crippen molar-refractivity contribution in [3.05, 3.63) is 100 Å². The van der Waals surface area contributed by atoms with Crippen LogP contribution < -0.4 is 4.74 Å². The molecule has 2 amide bonds. The first-order valence-electron chi connectivity index (χ1n) is 9.33. The molecule has 0 spiro atoms. The summed E-state index contributed by atoms with van der Waals surface area (Å²) in [6.07, 6.45) is 0. The average molecular weight is 399 g/mol. The number of rotatable bonds is 5. The Kier molecular flexibility index (Phi) is 4.37. The molecule has 5 rings (SSSR count). The Morgan fingerprint density at radius 3 is 2.21 bits per heavy atom. The van der Waals surface area contributed by atoms with Crippen molar-refractivity contribution >= 4 is 33.2 Å². The van der Waals surface area contributed by atoms with E-state index in [-0.39, 0.29) is 18.4 Å².